The van der Waals surface area contributed by atoms with Gasteiger partial charge in [-0.1, -0.05) is 48.0 Å². The molecule has 0 saturated heterocycles. The van der Waals surface area contributed by atoms with Gasteiger partial charge in [0, 0.05) is 20.4 Å². The van der Waals surface area contributed by atoms with E-state index in [2.05, 4.69) is 4.72 Å². The minimum atomic E-state index is -3.82. The molecule has 0 fully saturated rings. The van der Waals surface area contributed by atoms with Gasteiger partial charge in [0.05, 0.1) is 11.3 Å². The summed E-state index contributed by atoms with van der Waals surface area (Å²) in [5.41, 5.74) is 1.22. The van der Waals surface area contributed by atoms with Crippen molar-refractivity contribution in [1.29, 1.82) is 0 Å². The summed E-state index contributed by atoms with van der Waals surface area (Å²) in [6.07, 6.45) is 0. The number of rotatable bonds is 7. The molecule has 0 spiro atoms. The van der Waals surface area contributed by atoms with Crippen LogP contribution in [0.3, 0.4) is 0 Å². The quantitative estimate of drug-likeness (QED) is 0.296. The van der Waals surface area contributed by atoms with Crippen molar-refractivity contribution in [3.63, 3.8) is 0 Å². The van der Waals surface area contributed by atoms with Crippen molar-refractivity contribution in [2.45, 2.75) is 14.9 Å². The number of carboxylic acid groups (broad SMARTS) is 1. The third-order valence-corrected chi connectivity index (χ3v) is 8.80. The zero-order valence-electron chi connectivity index (χ0n) is 15.9. The van der Waals surface area contributed by atoms with Gasteiger partial charge in [0.2, 0.25) is 0 Å². The smallest absolute Gasteiger partial charge is 0.335 e. The van der Waals surface area contributed by atoms with E-state index in [-0.39, 0.29) is 9.77 Å². The van der Waals surface area contributed by atoms with Crippen LogP contribution in [-0.4, -0.2) is 19.5 Å². The molecule has 3 aromatic carbocycles. The summed E-state index contributed by atoms with van der Waals surface area (Å²) < 4.78 is 29.8. The maximum Gasteiger partial charge on any atom is 0.335 e. The summed E-state index contributed by atoms with van der Waals surface area (Å²) in [5.74, 6) is -0.639. The van der Waals surface area contributed by atoms with Crippen molar-refractivity contribution in [2.75, 3.05) is 4.72 Å². The highest BCUT2D eigenvalue weighted by atomic mass is 35.5. The number of carboxylic acids is 1. The molecule has 0 aliphatic rings. The molecule has 0 amide bonds. The van der Waals surface area contributed by atoms with Crippen molar-refractivity contribution in [3.05, 3.63) is 88.9 Å². The summed E-state index contributed by atoms with van der Waals surface area (Å²) in [6, 6.07) is 20.8. The molecule has 0 aliphatic carbocycles. The van der Waals surface area contributed by atoms with Gasteiger partial charge in [0.15, 0.2) is 0 Å². The van der Waals surface area contributed by atoms with Crippen LogP contribution in [-0.2, 0) is 15.8 Å². The van der Waals surface area contributed by atoms with Gasteiger partial charge >= 0.3 is 5.97 Å². The third-order valence-electron chi connectivity index (χ3n) is 4.48. The van der Waals surface area contributed by atoms with Crippen LogP contribution in [0.4, 0.5) is 5.69 Å². The number of thioether (sulfide) groups is 1. The van der Waals surface area contributed by atoms with Crippen molar-refractivity contribution in [1.82, 2.24) is 0 Å². The number of nitrogens with one attached hydrogen (secondary N) is 1. The maximum atomic E-state index is 13.0. The first-order chi connectivity index (χ1) is 14.8. The number of sulfonamides is 1. The number of aromatic carboxylic acids is 1. The molecule has 2 N–H and O–H groups in total. The summed E-state index contributed by atoms with van der Waals surface area (Å²) >= 11 is 8.65. The largest absolute Gasteiger partial charge is 0.478 e. The molecule has 0 radical (unpaired) electrons. The Balaban J connectivity index is 1.62. The van der Waals surface area contributed by atoms with Gasteiger partial charge in [-0.15, -0.1) is 23.1 Å². The van der Waals surface area contributed by atoms with Crippen LogP contribution in [0, 0.1) is 0 Å². The molecular formula is C22H16ClNO4S3. The summed E-state index contributed by atoms with van der Waals surface area (Å²) in [4.78, 5) is 12.1. The van der Waals surface area contributed by atoms with Gasteiger partial charge in [-0.05, 0) is 47.3 Å². The second kappa shape index (κ2) is 8.92. The molecule has 0 saturated carbocycles. The molecule has 9 heteroatoms. The lowest BCUT2D eigenvalue weighted by molar-refractivity contribution is 0.0696. The number of hydrogen-bond acceptors (Lipinski definition) is 5. The number of hydrogen-bond donors (Lipinski definition) is 2. The monoisotopic (exact) mass is 489 g/mol. The number of fused-ring (bicyclic) bond motifs is 1. The number of carbonyl (C=O) groups is 1. The molecule has 1 heterocycles. The van der Waals surface area contributed by atoms with Crippen LogP contribution in [0.1, 0.15) is 15.9 Å². The van der Waals surface area contributed by atoms with E-state index in [0.717, 1.165) is 10.1 Å². The second-order valence-electron chi connectivity index (χ2n) is 6.60. The van der Waals surface area contributed by atoms with Crippen LogP contribution >= 0.6 is 34.7 Å². The molecule has 0 atom stereocenters. The predicted octanol–water partition coefficient (Wildman–Crippen LogP) is 6.35. The highest BCUT2D eigenvalue weighted by Gasteiger charge is 2.20. The van der Waals surface area contributed by atoms with E-state index in [9.17, 15) is 18.3 Å². The van der Waals surface area contributed by atoms with Crippen molar-refractivity contribution < 1.29 is 18.3 Å². The van der Waals surface area contributed by atoms with Gasteiger partial charge in [-0.25, -0.2) is 13.2 Å². The van der Waals surface area contributed by atoms with E-state index in [0.29, 0.717) is 26.9 Å². The van der Waals surface area contributed by atoms with E-state index in [1.54, 1.807) is 48.5 Å². The first-order valence-corrected chi connectivity index (χ1v) is 12.7. The molecule has 0 aliphatic heterocycles. The third kappa shape index (κ3) is 4.88. The number of halogens is 1. The Hall–Kier alpha value is -2.52. The lowest BCUT2D eigenvalue weighted by atomic mass is 10.1. The number of thiophene rings is 1. The molecule has 1 aromatic heterocycles. The fourth-order valence-corrected chi connectivity index (χ4v) is 6.70. The zero-order chi connectivity index (χ0) is 22.0. The normalized spacial score (nSPS) is 11.5. The van der Waals surface area contributed by atoms with E-state index in [1.807, 2.05) is 24.3 Å². The molecule has 0 unspecified atom stereocenters. The van der Waals surface area contributed by atoms with Crippen LogP contribution in [0.25, 0.3) is 10.1 Å². The van der Waals surface area contributed by atoms with E-state index < -0.39 is 16.0 Å². The number of anilines is 1. The Bertz CT molecular complexity index is 1350. The highest BCUT2D eigenvalue weighted by Crippen LogP contribution is 2.36. The van der Waals surface area contributed by atoms with Crippen molar-refractivity contribution in [3.8, 4) is 0 Å². The Labute approximate surface area is 192 Å². The standard InChI is InChI=1S/C22H16ClNO4S3/c23-16-9-10-20(29-13-15-6-1-3-7-17(15)22(25)26)18(12-16)24-31(27,28)21-11-14-5-2-4-8-19(14)30-21/h1-12,24H,13H2,(H,25,26). The average molecular weight is 490 g/mol. The van der Waals surface area contributed by atoms with Crippen molar-refractivity contribution >= 4 is 66.5 Å². The lowest BCUT2D eigenvalue weighted by Crippen LogP contribution is -2.12. The lowest BCUT2D eigenvalue weighted by Gasteiger charge is -2.13. The van der Waals surface area contributed by atoms with Crippen LogP contribution in [0.15, 0.2) is 81.9 Å². The highest BCUT2D eigenvalue weighted by molar-refractivity contribution is 7.99. The minimum absolute atomic E-state index is 0.209. The van der Waals surface area contributed by atoms with E-state index in [4.69, 9.17) is 11.6 Å². The molecule has 4 aromatic rings. The Morgan fingerprint density at radius 3 is 2.55 bits per heavy atom. The van der Waals surface area contributed by atoms with Gasteiger partial charge < -0.3 is 5.11 Å². The number of benzene rings is 3. The van der Waals surface area contributed by atoms with Gasteiger partial charge in [0.25, 0.3) is 10.0 Å². The minimum Gasteiger partial charge on any atom is -0.478 e. The van der Waals surface area contributed by atoms with Crippen LogP contribution in [0.2, 0.25) is 5.02 Å². The molecule has 158 valence electrons. The first-order valence-electron chi connectivity index (χ1n) is 9.08. The average Bonchev–Trinajstić information content (AvgIpc) is 3.18. The molecule has 31 heavy (non-hydrogen) atoms. The molecule has 5 nitrogen and oxygen atoms in total. The van der Waals surface area contributed by atoms with Crippen LogP contribution in [0.5, 0.6) is 0 Å². The van der Waals surface area contributed by atoms with Crippen molar-refractivity contribution in [2.24, 2.45) is 0 Å². The summed E-state index contributed by atoms with van der Waals surface area (Å²) in [7, 11) is -3.82. The van der Waals surface area contributed by atoms with Crippen LogP contribution < -0.4 is 4.72 Å². The van der Waals surface area contributed by atoms with E-state index in [1.165, 1.54) is 23.1 Å². The Morgan fingerprint density at radius 1 is 1.03 bits per heavy atom. The van der Waals surface area contributed by atoms with E-state index >= 15 is 0 Å². The summed E-state index contributed by atoms with van der Waals surface area (Å²) in [5, 5.41) is 10.6. The van der Waals surface area contributed by atoms with Gasteiger partial charge in [0.1, 0.15) is 4.21 Å². The predicted molar refractivity (Wildman–Crippen MR) is 127 cm³/mol. The fourth-order valence-electron chi connectivity index (χ4n) is 3.00. The molecule has 0 bridgehead atoms. The van der Waals surface area contributed by atoms with Gasteiger partial charge in [-0.3, -0.25) is 4.72 Å². The Morgan fingerprint density at radius 2 is 1.77 bits per heavy atom. The Kier molecular flexibility index (Phi) is 6.24. The molecular weight excluding hydrogens is 474 g/mol. The fraction of sp³-hybridized carbons (Fsp3) is 0.0455. The zero-order valence-corrected chi connectivity index (χ0v) is 19.1. The first kappa shape index (κ1) is 21.7. The summed E-state index contributed by atoms with van der Waals surface area (Å²) in [6.45, 7) is 0. The maximum absolute atomic E-state index is 13.0. The van der Waals surface area contributed by atoms with Gasteiger partial charge in [-0.2, -0.15) is 0 Å². The molecule has 4 rings (SSSR count). The topological polar surface area (TPSA) is 83.5 Å². The SMILES string of the molecule is O=C(O)c1ccccc1CSc1ccc(Cl)cc1NS(=O)(=O)c1cc2ccccc2s1. The second-order valence-corrected chi connectivity index (χ2v) is 11.0.